The highest BCUT2D eigenvalue weighted by Crippen LogP contribution is 2.30. The largest absolute Gasteiger partial charge is 0.489 e. The Hall–Kier alpha value is -4.15. The van der Waals surface area contributed by atoms with Crippen molar-refractivity contribution < 1.29 is 4.74 Å². The number of piperidine rings is 1. The SMILES string of the molecule is C=c1[nH]nc(-c2nc3c(-c4cccs4)ccnc3[nH]2)/c1=C/C(=N\C)c1cncc(OC2CCNCC2)c1. The first kappa shape index (κ1) is 23.3. The van der Waals surface area contributed by atoms with Gasteiger partial charge in [0.25, 0.3) is 0 Å². The van der Waals surface area contributed by atoms with E-state index in [1.54, 1.807) is 37.0 Å². The summed E-state index contributed by atoms with van der Waals surface area (Å²) in [5.41, 5.74) is 4.78. The van der Waals surface area contributed by atoms with Crippen LogP contribution in [0.2, 0.25) is 0 Å². The van der Waals surface area contributed by atoms with E-state index in [1.807, 2.05) is 24.3 Å². The van der Waals surface area contributed by atoms with Crippen molar-refractivity contribution in [1.82, 2.24) is 35.5 Å². The molecule has 37 heavy (non-hydrogen) atoms. The van der Waals surface area contributed by atoms with Crippen molar-refractivity contribution in [3.05, 3.63) is 64.4 Å². The summed E-state index contributed by atoms with van der Waals surface area (Å²) in [7, 11) is 1.76. The topological polar surface area (TPSA) is 117 Å². The van der Waals surface area contributed by atoms with Crippen molar-refractivity contribution in [2.24, 2.45) is 4.99 Å². The molecule has 9 nitrogen and oxygen atoms in total. The highest BCUT2D eigenvalue weighted by Gasteiger charge is 2.17. The van der Waals surface area contributed by atoms with Crippen molar-refractivity contribution in [3.63, 3.8) is 0 Å². The minimum absolute atomic E-state index is 0.192. The van der Waals surface area contributed by atoms with Gasteiger partial charge in [0.2, 0.25) is 0 Å². The number of thiophene rings is 1. The number of aliphatic imine (C=N–C) groups is 1. The zero-order chi connectivity index (χ0) is 25.2. The Labute approximate surface area is 217 Å². The summed E-state index contributed by atoms with van der Waals surface area (Å²) in [5.74, 6) is 1.35. The molecule has 5 aromatic rings. The van der Waals surface area contributed by atoms with Gasteiger partial charge in [-0.15, -0.1) is 11.3 Å². The molecule has 1 aliphatic rings. The first-order valence-corrected chi connectivity index (χ1v) is 13.0. The normalized spacial score (nSPS) is 15.5. The van der Waals surface area contributed by atoms with Crippen molar-refractivity contribution >= 4 is 40.9 Å². The maximum absolute atomic E-state index is 6.19. The highest BCUT2D eigenvalue weighted by molar-refractivity contribution is 7.13. The maximum Gasteiger partial charge on any atom is 0.160 e. The molecule has 186 valence electrons. The Kier molecular flexibility index (Phi) is 6.33. The van der Waals surface area contributed by atoms with Crippen LogP contribution >= 0.6 is 11.3 Å². The second kappa shape index (κ2) is 10.1. The van der Waals surface area contributed by atoms with Gasteiger partial charge in [-0.2, -0.15) is 5.10 Å². The molecule has 1 aliphatic heterocycles. The van der Waals surface area contributed by atoms with Gasteiger partial charge in [-0.1, -0.05) is 12.6 Å². The average molecular weight is 511 g/mol. The number of aromatic nitrogens is 6. The van der Waals surface area contributed by atoms with Crippen LogP contribution in [0.4, 0.5) is 0 Å². The van der Waals surface area contributed by atoms with Crippen molar-refractivity contribution in [2.75, 3.05) is 20.1 Å². The summed E-state index contributed by atoms with van der Waals surface area (Å²) in [6, 6.07) is 8.07. The fraction of sp³-hybridized carbons (Fsp3) is 0.222. The number of ether oxygens (including phenoxy) is 1. The third kappa shape index (κ3) is 4.68. The standard InChI is InChI=1S/C27H26N8OS/c1-16-21(13-22(28-2)17-12-19(15-30-14-17)36-18-5-8-29-9-6-18)25(35-34-16)27-32-24-20(23-4-3-11-37-23)7-10-31-26(24)33-27/h3-4,7,10-15,18,29,34H,1,5-6,8-9H2,2H3,(H,31,32,33)/b21-13+,28-22+. The number of H-pyrrole nitrogens is 2. The molecular weight excluding hydrogens is 484 g/mol. The van der Waals surface area contributed by atoms with Crippen molar-refractivity contribution in [1.29, 1.82) is 0 Å². The van der Waals surface area contributed by atoms with Gasteiger partial charge in [0.1, 0.15) is 23.1 Å². The van der Waals surface area contributed by atoms with Gasteiger partial charge in [-0.25, -0.2) is 9.97 Å². The number of hydrogen-bond donors (Lipinski definition) is 3. The molecule has 0 bridgehead atoms. The molecule has 0 spiro atoms. The fourth-order valence-corrected chi connectivity index (χ4v) is 5.27. The summed E-state index contributed by atoms with van der Waals surface area (Å²) in [6.07, 6.45) is 9.43. The molecule has 0 aromatic carbocycles. The van der Waals surface area contributed by atoms with E-state index in [1.165, 1.54) is 0 Å². The zero-order valence-electron chi connectivity index (χ0n) is 20.4. The Morgan fingerprint density at radius 3 is 2.95 bits per heavy atom. The lowest BCUT2D eigenvalue weighted by atomic mass is 10.1. The lowest BCUT2D eigenvalue weighted by Gasteiger charge is -2.23. The smallest absolute Gasteiger partial charge is 0.160 e. The van der Waals surface area contributed by atoms with Crippen LogP contribution in [0.3, 0.4) is 0 Å². The van der Waals surface area contributed by atoms with Gasteiger partial charge in [0.15, 0.2) is 11.5 Å². The Bertz CT molecular complexity index is 1680. The number of imidazole rings is 1. The lowest BCUT2D eigenvalue weighted by molar-refractivity contribution is 0.162. The Balaban J connectivity index is 1.37. The molecule has 6 rings (SSSR count). The Morgan fingerprint density at radius 2 is 2.14 bits per heavy atom. The van der Waals surface area contributed by atoms with Gasteiger partial charge in [-0.05, 0) is 55.6 Å². The number of nitrogens with zero attached hydrogens (tertiary/aromatic N) is 5. The predicted octanol–water partition coefficient (Wildman–Crippen LogP) is 2.91. The number of fused-ring (bicyclic) bond motifs is 1. The molecule has 3 N–H and O–H groups in total. The lowest BCUT2D eigenvalue weighted by Crippen LogP contribution is -2.34. The molecule has 0 atom stereocenters. The molecule has 1 fully saturated rings. The van der Waals surface area contributed by atoms with E-state index >= 15 is 0 Å². The summed E-state index contributed by atoms with van der Waals surface area (Å²) < 4.78 is 6.19. The van der Waals surface area contributed by atoms with Crippen LogP contribution in [0.25, 0.3) is 45.8 Å². The molecule has 0 unspecified atom stereocenters. The van der Waals surface area contributed by atoms with Gasteiger partial charge in [0, 0.05) is 40.7 Å². The third-order valence-corrected chi connectivity index (χ3v) is 7.30. The van der Waals surface area contributed by atoms with Crippen LogP contribution in [-0.4, -0.2) is 62.1 Å². The molecular formula is C27H26N8OS. The van der Waals surface area contributed by atoms with Crippen LogP contribution in [0.1, 0.15) is 18.4 Å². The van der Waals surface area contributed by atoms with E-state index in [-0.39, 0.29) is 6.10 Å². The van der Waals surface area contributed by atoms with E-state index in [4.69, 9.17) is 9.72 Å². The second-order valence-electron chi connectivity index (χ2n) is 8.81. The van der Waals surface area contributed by atoms with Gasteiger partial charge in [0.05, 0.1) is 17.3 Å². The third-order valence-electron chi connectivity index (χ3n) is 6.40. The summed E-state index contributed by atoms with van der Waals surface area (Å²) in [6.45, 7) is 6.08. The minimum atomic E-state index is 0.192. The number of rotatable bonds is 6. The average Bonchev–Trinajstić information content (AvgIpc) is 3.68. The molecule has 0 saturated carbocycles. The van der Waals surface area contributed by atoms with Gasteiger partial charge >= 0.3 is 0 Å². The monoisotopic (exact) mass is 510 g/mol. The molecule has 1 saturated heterocycles. The number of nitrogens with one attached hydrogen (secondary N) is 3. The number of aromatic amines is 2. The molecule has 5 aromatic heterocycles. The van der Waals surface area contributed by atoms with E-state index in [0.29, 0.717) is 22.5 Å². The summed E-state index contributed by atoms with van der Waals surface area (Å²) in [4.78, 5) is 22.8. The number of hydrogen-bond acceptors (Lipinski definition) is 8. The van der Waals surface area contributed by atoms with Crippen molar-refractivity contribution in [3.8, 4) is 27.7 Å². The van der Waals surface area contributed by atoms with Crippen molar-refractivity contribution in [2.45, 2.75) is 18.9 Å². The molecule has 10 heteroatoms. The number of pyridine rings is 2. The molecule has 0 aliphatic carbocycles. The van der Waals surface area contributed by atoms with E-state index < -0.39 is 0 Å². The van der Waals surface area contributed by atoms with Gasteiger partial charge < -0.3 is 15.0 Å². The van der Waals surface area contributed by atoms with Crippen LogP contribution in [0.15, 0.2) is 53.2 Å². The van der Waals surface area contributed by atoms with E-state index in [2.05, 4.69) is 53.5 Å². The van der Waals surface area contributed by atoms with Crippen LogP contribution < -0.4 is 20.6 Å². The minimum Gasteiger partial charge on any atom is -0.489 e. The Morgan fingerprint density at radius 1 is 1.24 bits per heavy atom. The quantitative estimate of drug-likeness (QED) is 0.303. The first-order chi connectivity index (χ1) is 18.2. The summed E-state index contributed by atoms with van der Waals surface area (Å²) >= 11 is 1.67. The van der Waals surface area contributed by atoms with E-state index in [9.17, 15) is 0 Å². The molecule has 0 amide bonds. The first-order valence-electron chi connectivity index (χ1n) is 12.1. The summed E-state index contributed by atoms with van der Waals surface area (Å²) in [5, 5.41) is 14.4. The van der Waals surface area contributed by atoms with Crippen LogP contribution in [0, 0.1) is 0 Å². The second-order valence-corrected chi connectivity index (χ2v) is 9.76. The fourth-order valence-electron chi connectivity index (χ4n) is 4.52. The highest BCUT2D eigenvalue weighted by atomic mass is 32.1. The van der Waals surface area contributed by atoms with Gasteiger partial charge in [-0.3, -0.25) is 15.1 Å². The maximum atomic E-state index is 6.19. The molecule has 6 heterocycles. The zero-order valence-corrected chi connectivity index (χ0v) is 21.2. The van der Waals surface area contributed by atoms with Crippen LogP contribution in [0.5, 0.6) is 5.75 Å². The van der Waals surface area contributed by atoms with E-state index in [0.717, 1.165) is 64.1 Å². The molecule has 0 radical (unpaired) electrons. The van der Waals surface area contributed by atoms with Crippen LogP contribution in [-0.2, 0) is 0 Å². The predicted molar refractivity (Wildman–Crippen MR) is 147 cm³/mol.